The average Bonchev–Trinajstić information content (AvgIpc) is 3.64. The van der Waals surface area contributed by atoms with E-state index in [1.54, 1.807) is 65.6 Å². The minimum atomic E-state index is -4.17. The first-order valence-electron chi connectivity index (χ1n) is 21.2. The zero-order valence-electron chi connectivity index (χ0n) is 34.8. The summed E-state index contributed by atoms with van der Waals surface area (Å²) in [4.78, 5) is 44.8. The predicted molar refractivity (Wildman–Crippen MR) is 233 cm³/mol. The maximum atomic E-state index is 15.0. The number of sulfone groups is 1. The van der Waals surface area contributed by atoms with Crippen LogP contribution in [0.5, 0.6) is 11.5 Å². The number of hydrogen-bond donors (Lipinski definition) is 3. The number of amides is 3. The molecule has 3 N–H and O–H groups in total. The number of hydrogen-bond acceptors (Lipinski definition) is 10. The first-order valence-corrected chi connectivity index (χ1v) is 24.9. The number of fused-ring (bicyclic) bond motifs is 1. The van der Waals surface area contributed by atoms with Crippen molar-refractivity contribution in [2.75, 3.05) is 18.6 Å². The lowest BCUT2D eigenvalue weighted by Crippen LogP contribution is -2.59. The first kappa shape index (κ1) is 46.9. The third-order valence-electron chi connectivity index (χ3n) is 11.2. The number of carbonyl (C=O) groups is 3. The van der Waals surface area contributed by atoms with Crippen LogP contribution in [0, 0.1) is 5.92 Å². The third kappa shape index (κ3) is 13.9. The lowest BCUT2D eigenvalue weighted by molar-refractivity contribution is -0.144. The Morgan fingerprint density at radius 1 is 0.817 bits per heavy atom. The number of ether oxygens (including phenoxy) is 1. The van der Waals surface area contributed by atoms with E-state index in [1.807, 2.05) is 37.3 Å². The summed E-state index contributed by atoms with van der Waals surface area (Å²) >= 11 is 0. The molecule has 0 spiro atoms. The second kappa shape index (κ2) is 23.2. The molecule has 0 bridgehead atoms. The van der Waals surface area contributed by atoms with Crippen molar-refractivity contribution in [2.45, 2.75) is 121 Å². The third-order valence-corrected chi connectivity index (χ3v) is 14.2. The van der Waals surface area contributed by atoms with Crippen LogP contribution in [-0.4, -0.2) is 87.6 Å². The number of unbranched alkanes of at least 4 members (excludes halogenated alkanes) is 2. The highest BCUT2D eigenvalue weighted by molar-refractivity contribution is 7.90. The van der Waals surface area contributed by atoms with Gasteiger partial charge in [0.1, 0.15) is 33.4 Å². The Morgan fingerprint density at radius 2 is 1.43 bits per heavy atom. The van der Waals surface area contributed by atoms with Crippen molar-refractivity contribution in [2.24, 2.45) is 5.92 Å². The van der Waals surface area contributed by atoms with Gasteiger partial charge in [-0.05, 0) is 87.1 Å². The monoisotopic (exact) mass is 862 g/mol. The van der Waals surface area contributed by atoms with Crippen LogP contribution in [0.15, 0.2) is 91.0 Å². The number of rotatable bonds is 24. The molecule has 6 atom stereocenters. The summed E-state index contributed by atoms with van der Waals surface area (Å²) in [6.45, 7) is 2.94. The Morgan fingerprint density at radius 3 is 2.03 bits per heavy atom. The fourth-order valence-corrected chi connectivity index (χ4v) is 10.6. The molecule has 3 amide bonds. The highest BCUT2D eigenvalue weighted by Gasteiger charge is 2.51. The van der Waals surface area contributed by atoms with Crippen LogP contribution in [0.4, 0.5) is 0 Å². The van der Waals surface area contributed by atoms with Crippen molar-refractivity contribution in [1.82, 2.24) is 20.8 Å². The van der Waals surface area contributed by atoms with E-state index in [0.717, 1.165) is 37.5 Å². The molecule has 5 rings (SSSR count). The zero-order valence-corrected chi connectivity index (χ0v) is 36.5. The predicted octanol–water partition coefficient (Wildman–Crippen LogP) is 6.48. The van der Waals surface area contributed by atoms with Crippen molar-refractivity contribution < 1.29 is 41.2 Å². The van der Waals surface area contributed by atoms with Crippen molar-refractivity contribution >= 4 is 43.1 Å². The first-order chi connectivity index (χ1) is 28.9. The van der Waals surface area contributed by atoms with E-state index < -0.39 is 59.1 Å². The minimum Gasteiger partial charge on any atom is -0.415 e. The molecular weight excluding hydrogens is 802 g/mol. The molecule has 60 heavy (non-hydrogen) atoms. The van der Waals surface area contributed by atoms with Crippen LogP contribution in [0.2, 0.25) is 0 Å². The summed E-state index contributed by atoms with van der Waals surface area (Å²) in [5.74, 6) is -2.42. The van der Waals surface area contributed by atoms with Gasteiger partial charge in [-0.15, -0.1) is 0 Å². The van der Waals surface area contributed by atoms with Crippen molar-refractivity contribution in [3.63, 3.8) is 0 Å². The lowest BCUT2D eigenvalue weighted by Gasteiger charge is -2.37. The Hall–Kier alpha value is -4.17. The van der Waals surface area contributed by atoms with Crippen LogP contribution in [0.1, 0.15) is 89.5 Å². The Balaban J connectivity index is 1.35. The number of nitrogens with one attached hydrogen (secondary N) is 3. The normalized spacial score (nSPS) is 19.4. The van der Waals surface area contributed by atoms with E-state index >= 15 is 0 Å². The Labute approximate surface area is 357 Å². The molecule has 2 radical (unpaired) electrons. The molecule has 1 aliphatic heterocycles. The number of carbonyl (C=O) groups excluding carboxylic acids is 3. The fourth-order valence-electron chi connectivity index (χ4n) is 8.03. The van der Waals surface area contributed by atoms with E-state index in [0.29, 0.717) is 63.2 Å². The van der Waals surface area contributed by atoms with Gasteiger partial charge in [0.05, 0.1) is 18.4 Å². The maximum Gasteiger partial charge on any atom is 0.452 e. The maximum absolute atomic E-state index is 15.0. The molecule has 3 unspecified atom stereocenters. The second-order valence-corrected chi connectivity index (χ2v) is 20.2. The highest BCUT2D eigenvalue weighted by atomic mass is 32.2. The lowest BCUT2D eigenvalue weighted by atomic mass is 9.84. The standard InChI is InChI=1S/C44H60BN4O9PS/c1-3-4-27-41(59(53,57-35-21-10-6-11-22-35)58-36-23-12-7-13-24-36)47-43(51)40-31-34-20-14-15-26-39(34)49(40)44(52)38(28-30-60(2,54)55)46-42(50)37(48-45)25-16-17-29-56-32-33-18-8-5-9-19-33/h5-13,18-19,21-24,34,37-41,48H,3-4,14-17,20,25-32H2,1-2H3,(H,46,50)(H,47,51)/t34?,37-,38-,39?,40-,41?/m0/s1. The minimum absolute atomic E-state index is 0.00862. The van der Waals surface area contributed by atoms with E-state index in [4.69, 9.17) is 21.8 Å². The molecule has 3 aromatic rings. The summed E-state index contributed by atoms with van der Waals surface area (Å²) in [6, 6.07) is 23.7. The van der Waals surface area contributed by atoms with E-state index in [2.05, 4.69) is 15.9 Å². The van der Waals surface area contributed by atoms with Gasteiger partial charge in [-0.2, -0.15) is 0 Å². The molecule has 2 aliphatic rings. The molecule has 1 saturated carbocycles. The van der Waals surface area contributed by atoms with Gasteiger partial charge in [0.25, 0.3) is 0 Å². The van der Waals surface area contributed by atoms with Gasteiger partial charge in [0.15, 0.2) is 13.8 Å². The fraction of sp³-hybridized carbons (Fsp3) is 0.523. The van der Waals surface area contributed by atoms with Gasteiger partial charge in [-0.1, -0.05) is 99.3 Å². The van der Waals surface area contributed by atoms with Crippen LogP contribution in [-0.2, 0) is 40.1 Å². The largest absolute Gasteiger partial charge is 0.452 e. The van der Waals surface area contributed by atoms with Crippen LogP contribution >= 0.6 is 7.60 Å². The Kier molecular flexibility index (Phi) is 18.1. The Bertz CT molecular complexity index is 1920. The molecule has 324 valence electrons. The number of nitrogens with zero attached hydrogens (tertiary/aromatic N) is 1. The summed E-state index contributed by atoms with van der Waals surface area (Å²) in [5.41, 5.74) is 1.06. The zero-order chi connectivity index (χ0) is 43.0. The van der Waals surface area contributed by atoms with Crippen LogP contribution in [0.3, 0.4) is 0 Å². The molecule has 1 saturated heterocycles. The van der Waals surface area contributed by atoms with Gasteiger partial charge in [-0.3, -0.25) is 14.4 Å². The molecule has 1 heterocycles. The number of benzene rings is 3. The van der Waals surface area contributed by atoms with E-state index in [-0.39, 0.29) is 30.6 Å². The highest BCUT2D eigenvalue weighted by Crippen LogP contribution is 2.53. The van der Waals surface area contributed by atoms with Gasteiger partial charge in [0.2, 0.25) is 17.7 Å². The van der Waals surface area contributed by atoms with Crippen molar-refractivity contribution in [3.05, 3.63) is 96.6 Å². The molecule has 1 aliphatic carbocycles. The van der Waals surface area contributed by atoms with Crippen molar-refractivity contribution in [1.29, 1.82) is 0 Å². The molecule has 13 nitrogen and oxygen atoms in total. The van der Waals surface area contributed by atoms with Gasteiger partial charge in [0, 0.05) is 18.9 Å². The quantitative estimate of drug-likeness (QED) is 0.0515. The van der Waals surface area contributed by atoms with Crippen LogP contribution < -0.4 is 24.9 Å². The number of likely N-dealkylation sites (tertiary alicyclic amines) is 1. The van der Waals surface area contributed by atoms with Gasteiger partial charge in [-0.25, -0.2) is 13.0 Å². The summed E-state index contributed by atoms with van der Waals surface area (Å²) in [5, 5.41) is 8.38. The average molecular weight is 863 g/mol. The SMILES string of the molecule is [B]N[C@@H](CCCCOCc1ccccc1)C(=O)N[C@@H](CCS(C)(=O)=O)C(=O)N1C2CCCCC2C[C@H]1C(=O)NC(CCCC)P(=O)(Oc1ccccc1)Oc1ccccc1. The summed E-state index contributed by atoms with van der Waals surface area (Å²) in [6.07, 6.45) is 7.71. The van der Waals surface area contributed by atoms with Gasteiger partial charge >= 0.3 is 7.60 Å². The smallest absolute Gasteiger partial charge is 0.415 e. The molecule has 3 aromatic carbocycles. The summed E-state index contributed by atoms with van der Waals surface area (Å²) < 4.78 is 58.0. The molecular formula is C44H60BN4O9PS. The number of para-hydroxylation sites is 2. The van der Waals surface area contributed by atoms with Gasteiger partial charge < -0.3 is 34.5 Å². The molecule has 2 fully saturated rings. The molecule has 0 aromatic heterocycles. The van der Waals surface area contributed by atoms with Crippen LogP contribution in [0.25, 0.3) is 0 Å². The van der Waals surface area contributed by atoms with Crippen molar-refractivity contribution in [3.8, 4) is 11.5 Å². The topological polar surface area (TPSA) is 169 Å². The second-order valence-electron chi connectivity index (χ2n) is 15.9. The summed E-state index contributed by atoms with van der Waals surface area (Å²) in [7, 11) is -1.87. The van der Waals surface area contributed by atoms with E-state index in [1.165, 1.54) is 0 Å². The molecule has 16 heteroatoms. The van der Waals surface area contributed by atoms with E-state index in [9.17, 15) is 27.4 Å².